The van der Waals surface area contributed by atoms with Crippen molar-refractivity contribution in [3.8, 4) is 0 Å². The van der Waals surface area contributed by atoms with Gasteiger partial charge in [0.2, 0.25) is 11.8 Å². The van der Waals surface area contributed by atoms with Crippen molar-refractivity contribution in [2.24, 2.45) is 11.8 Å². The minimum Gasteiger partial charge on any atom is -0.342 e. The maximum absolute atomic E-state index is 13.0. The number of amides is 2. The van der Waals surface area contributed by atoms with E-state index in [2.05, 4.69) is 43.4 Å². The first kappa shape index (κ1) is 22.4. The molecule has 0 spiro atoms. The number of likely N-dealkylation sites (tertiary alicyclic amines) is 1. The van der Waals surface area contributed by atoms with E-state index in [0.29, 0.717) is 42.6 Å². The third-order valence-electron chi connectivity index (χ3n) is 5.76. The van der Waals surface area contributed by atoms with Crippen molar-refractivity contribution < 1.29 is 9.59 Å². The summed E-state index contributed by atoms with van der Waals surface area (Å²) < 4.78 is 0. The molecule has 0 radical (unpaired) electrons. The summed E-state index contributed by atoms with van der Waals surface area (Å²) >= 11 is 5.98. The van der Waals surface area contributed by atoms with Crippen LogP contribution in [-0.4, -0.2) is 29.8 Å². The highest BCUT2D eigenvalue weighted by Gasteiger charge is 2.29. The number of benzene rings is 2. The molecule has 1 unspecified atom stereocenters. The standard InChI is InChI=1S/C25H31ClN2O2/c1-17(2)15-19-7-9-20(10-8-19)18(3)25(30)28-13-11-21(12-14-28)24(29)27-23-6-4-5-22(26)16-23/h4-10,16-18,21H,11-15H2,1-3H3,(H,27,29). The van der Waals surface area contributed by atoms with E-state index in [9.17, 15) is 9.59 Å². The molecule has 2 aromatic rings. The van der Waals surface area contributed by atoms with Crippen LogP contribution < -0.4 is 5.32 Å². The van der Waals surface area contributed by atoms with E-state index >= 15 is 0 Å². The first-order valence-corrected chi connectivity index (χ1v) is 11.2. The second kappa shape index (κ2) is 10.1. The van der Waals surface area contributed by atoms with Crippen molar-refractivity contribution in [2.75, 3.05) is 18.4 Å². The van der Waals surface area contributed by atoms with Crippen LogP contribution in [0.2, 0.25) is 5.02 Å². The summed E-state index contributed by atoms with van der Waals surface area (Å²) in [4.78, 5) is 27.4. The van der Waals surface area contributed by atoms with E-state index in [1.807, 2.05) is 24.0 Å². The predicted molar refractivity (Wildman–Crippen MR) is 123 cm³/mol. The van der Waals surface area contributed by atoms with E-state index in [4.69, 9.17) is 11.6 Å². The fourth-order valence-electron chi connectivity index (χ4n) is 4.00. The average Bonchev–Trinajstić information content (AvgIpc) is 2.73. The number of nitrogens with one attached hydrogen (secondary N) is 1. The third-order valence-corrected chi connectivity index (χ3v) is 6.00. The number of piperidine rings is 1. The van der Waals surface area contributed by atoms with Crippen molar-refractivity contribution in [2.45, 2.75) is 46.0 Å². The first-order valence-electron chi connectivity index (χ1n) is 10.8. The molecule has 4 nitrogen and oxygen atoms in total. The molecule has 5 heteroatoms. The molecule has 0 saturated carbocycles. The van der Waals surface area contributed by atoms with Crippen molar-refractivity contribution in [1.82, 2.24) is 4.90 Å². The lowest BCUT2D eigenvalue weighted by Crippen LogP contribution is -2.43. The Labute approximate surface area is 184 Å². The highest BCUT2D eigenvalue weighted by atomic mass is 35.5. The van der Waals surface area contributed by atoms with Gasteiger partial charge in [-0.2, -0.15) is 0 Å². The lowest BCUT2D eigenvalue weighted by molar-refractivity contribution is -0.135. The summed E-state index contributed by atoms with van der Waals surface area (Å²) in [6.07, 6.45) is 2.41. The van der Waals surface area contributed by atoms with Crippen LogP contribution in [0.4, 0.5) is 5.69 Å². The Morgan fingerprint density at radius 1 is 1.07 bits per heavy atom. The molecule has 1 fully saturated rings. The maximum Gasteiger partial charge on any atom is 0.229 e. The zero-order chi connectivity index (χ0) is 21.7. The molecule has 1 atom stereocenters. The molecule has 160 valence electrons. The maximum atomic E-state index is 13.0. The number of carbonyl (C=O) groups is 2. The van der Waals surface area contributed by atoms with E-state index < -0.39 is 0 Å². The Morgan fingerprint density at radius 2 is 1.73 bits per heavy atom. The number of carbonyl (C=O) groups excluding carboxylic acids is 2. The van der Waals surface area contributed by atoms with Crippen LogP contribution in [0.15, 0.2) is 48.5 Å². The van der Waals surface area contributed by atoms with Gasteiger partial charge in [0.05, 0.1) is 5.92 Å². The molecule has 1 aliphatic heterocycles. The monoisotopic (exact) mass is 426 g/mol. The fraction of sp³-hybridized carbons (Fsp3) is 0.440. The molecule has 2 aromatic carbocycles. The summed E-state index contributed by atoms with van der Waals surface area (Å²) in [5.41, 5.74) is 3.06. The molecule has 0 aromatic heterocycles. The van der Waals surface area contributed by atoms with Crippen LogP contribution in [0.1, 0.15) is 50.7 Å². The van der Waals surface area contributed by atoms with Gasteiger partial charge in [-0.25, -0.2) is 0 Å². The molecule has 1 aliphatic rings. The molecule has 2 amide bonds. The molecule has 30 heavy (non-hydrogen) atoms. The van der Waals surface area contributed by atoms with Gasteiger partial charge in [-0.3, -0.25) is 9.59 Å². The third kappa shape index (κ3) is 5.85. The van der Waals surface area contributed by atoms with Crippen LogP contribution >= 0.6 is 11.6 Å². The van der Waals surface area contributed by atoms with Gasteiger partial charge in [-0.15, -0.1) is 0 Å². The van der Waals surface area contributed by atoms with Crippen LogP contribution in [-0.2, 0) is 16.0 Å². The summed E-state index contributed by atoms with van der Waals surface area (Å²) in [6.45, 7) is 7.61. The molecule has 1 saturated heterocycles. The van der Waals surface area contributed by atoms with Gasteiger partial charge in [-0.1, -0.05) is 55.8 Å². The van der Waals surface area contributed by atoms with Gasteiger partial charge in [0.1, 0.15) is 0 Å². The quantitative estimate of drug-likeness (QED) is 0.661. The number of nitrogens with zero attached hydrogens (tertiary/aromatic N) is 1. The molecular formula is C25H31ClN2O2. The molecule has 1 N–H and O–H groups in total. The van der Waals surface area contributed by atoms with Crippen LogP contribution in [0.25, 0.3) is 0 Å². The van der Waals surface area contributed by atoms with E-state index in [1.54, 1.807) is 12.1 Å². The zero-order valence-electron chi connectivity index (χ0n) is 18.0. The number of anilines is 1. The van der Waals surface area contributed by atoms with Gasteiger partial charge in [0, 0.05) is 29.7 Å². The van der Waals surface area contributed by atoms with Crippen molar-refractivity contribution in [1.29, 1.82) is 0 Å². The van der Waals surface area contributed by atoms with Gasteiger partial charge in [0.15, 0.2) is 0 Å². The highest BCUT2D eigenvalue weighted by Crippen LogP contribution is 2.25. The minimum atomic E-state index is -0.171. The Balaban J connectivity index is 1.52. The van der Waals surface area contributed by atoms with Gasteiger partial charge < -0.3 is 10.2 Å². The van der Waals surface area contributed by atoms with Crippen LogP contribution in [0.3, 0.4) is 0 Å². The molecule has 0 aliphatic carbocycles. The molecule has 3 rings (SSSR count). The Morgan fingerprint density at radius 3 is 2.33 bits per heavy atom. The first-order chi connectivity index (χ1) is 14.3. The Hall–Kier alpha value is -2.33. The van der Waals surface area contributed by atoms with E-state index in [1.165, 1.54) is 5.56 Å². The lowest BCUT2D eigenvalue weighted by Gasteiger charge is -2.33. The van der Waals surface area contributed by atoms with Crippen molar-refractivity contribution in [3.05, 3.63) is 64.7 Å². The van der Waals surface area contributed by atoms with Gasteiger partial charge in [-0.05, 0) is 61.4 Å². The Kier molecular flexibility index (Phi) is 7.54. The summed E-state index contributed by atoms with van der Waals surface area (Å²) in [6, 6.07) is 15.6. The normalized spacial score (nSPS) is 15.8. The van der Waals surface area contributed by atoms with Crippen LogP contribution in [0.5, 0.6) is 0 Å². The van der Waals surface area contributed by atoms with E-state index in [-0.39, 0.29) is 23.7 Å². The van der Waals surface area contributed by atoms with E-state index in [0.717, 1.165) is 12.0 Å². The highest BCUT2D eigenvalue weighted by molar-refractivity contribution is 6.30. The Bertz CT molecular complexity index is 871. The number of hydrogen-bond acceptors (Lipinski definition) is 2. The summed E-state index contributed by atoms with van der Waals surface area (Å²) in [5, 5.41) is 3.53. The number of rotatable bonds is 6. The topological polar surface area (TPSA) is 49.4 Å². The van der Waals surface area contributed by atoms with Crippen LogP contribution in [0, 0.1) is 11.8 Å². The molecule has 1 heterocycles. The second-order valence-electron chi connectivity index (χ2n) is 8.66. The second-order valence-corrected chi connectivity index (χ2v) is 9.10. The SMILES string of the molecule is CC(C)Cc1ccc(C(C)C(=O)N2CCC(C(=O)Nc3cccc(Cl)c3)CC2)cc1. The minimum absolute atomic E-state index is 0.00171. The lowest BCUT2D eigenvalue weighted by atomic mass is 9.92. The number of halogens is 1. The van der Waals surface area contributed by atoms with Crippen molar-refractivity contribution in [3.63, 3.8) is 0 Å². The summed E-state index contributed by atoms with van der Waals surface area (Å²) in [5.74, 6) is 0.499. The van der Waals surface area contributed by atoms with Gasteiger partial charge in [0.25, 0.3) is 0 Å². The zero-order valence-corrected chi connectivity index (χ0v) is 18.8. The van der Waals surface area contributed by atoms with Gasteiger partial charge >= 0.3 is 0 Å². The average molecular weight is 427 g/mol. The molecular weight excluding hydrogens is 396 g/mol. The number of hydrogen-bond donors (Lipinski definition) is 1. The largest absolute Gasteiger partial charge is 0.342 e. The molecule has 0 bridgehead atoms. The summed E-state index contributed by atoms with van der Waals surface area (Å²) in [7, 11) is 0. The smallest absolute Gasteiger partial charge is 0.229 e. The predicted octanol–water partition coefficient (Wildman–Crippen LogP) is 5.52. The van der Waals surface area contributed by atoms with Crippen molar-refractivity contribution >= 4 is 29.1 Å². The fourth-order valence-corrected chi connectivity index (χ4v) is 4.19.